The van der Waals surface area contributed by atoms with Crippen LogP contribution in [0.4, 0.5) is 0 Å². The van der Waals surface area contributed by atoms with Gasteiger partial charge >= 0.3 is 5.97 Å². The van der Waals surface area contributed by atoms with Gasteiger partial charge in [-0.15, -0.1) is 0 Å². The van der Waals surface area contributed by atoms with Gasteiger partial charge in [0.1, 0.15) is 0 Å². The van der Waals surface area contributed by atoms with Crippen molar-refractivity contribution in [2.45, 2.75) is 38.3 Å². The number of hydrogen-bond donors (Lipinski definition) is 0. The Morgan fingerprint density at radius 1 is 1.29 bits per heavy atom. The Bertz CT molecular complexity index is 388. The number of ether oxygens (including phenoxy) is 1. The zero-order valence-corrected chi connectivity index (χ0v) is 10.9. The van der Waals surface area contributed by atoms with E-state index in [2.05, 4.69) is 0 Å². The predicted molar refractivity (Wildman–Crippen MR) is 63.4 cm³/mol. The van der Waals surface area contributed by atoms with E-state index in [1.807, 2.05) is 4.90 Å². The van der Waals surface area contributed by atoms with Gasteiger partial charge in [0.25, 0.3) is 0 Å². The van der Waals surface area contributed by atoms with Gasteiger partial charge in [0.05, 0.1) is 24.7 Å². The summed E-state index contributed by atoms with van der Waals surface area (Å²) in [5.41, 5.74) is 0. The van der Waals surface area contributed by atoms with E-state index in [-0.39, 0.29) is 30.1 Å². The second-order valence-corrected chi connectivity index (χ2v) is 6.99. The van der Waals surface area contributed by atoms with Crippen LogP contribution in [0, 0.1) is 0 Å². The van der Waals surface area contributed by atoms with Gasteiger partial charge in [0.15, 0.2) is 9.84 Å². The van der Waals surface area contributed by atoms with Crippen LogP contribution in [0.15, 0.2) is 0 Å². The molecule has 2 fully saturated rings. The highest BCUT2D eigenvalue weighted by atomic mass is 32.2. The fourth-order valence-corrected chi connectivity index (χ4v) is 4.10. The Labute approximate surface area is 102 Å². The zero-order chi connectivity index (χ0) is 12.5. The van der Waals surface area contributed by atoms with E-state index in [4.69, 9.17) is 4.74 Å². The van der Waals surface area contributed by atoms with Crippen molar-refractivity contribution in [1.29, 1.82) is 0 Å². The van der Waals surface area contributed by atoms with Gasteiger partial charge in [-0.1, -0.05) is 0 Å². The normalized spacial score (nSPS) is 27.3. The highest BCUT2D eigenvalue weighted by Gasteiger charge is 2.40. The Balaban J connectivity index is 1.96. The van der Waals surface area contributed by atoms with Crippen molar-refractivity contribution in [3.05, 3.63) is 0 Å². The lowest BCUT2D eigenvalue weighted by Crippen LogP contribution is -2.42. The molecule has 0 radical (unpaired) electrons. The van der Waals surface area contributed by atoms with Crippen LogP contribution in [0.5, 0.6) is 0 Å². The third-order valence-electron chi connectivity index (χ3n) is 3.31. The molecule has 0 N–H and O–H groups in total. The highest BCUT2D eigenvalue weighted by Crippen LogP contribution is 2.31. The summed E-state index contributed by atoms with van der Waals surface area (Å²) in [5.74, 6) is 0.204. The molecule has 1 unspecified atom stereocenters. The van der Waals surface area contributed by atoms with Crippen molar-refractivity contribution in [1.82, 2.24) is 4.90 Å². The number of sulfone groups is 1. The van der Waals surface area contributed by atoms with Crippen LogP contribution in [-0.4, -0.2) is 56.0 Å². The van der Waals surface area contributed by atoms with Crippen LogP contribution >= 0.6 is 0 Å². The van der Waals surface area contributed by atoms with Crippen LogP contribution in [0.1, 0.15) is 26.2 Å². The summed E-state index contributed by atoms with van der Waals surface area (Å²) in [7, 11) is -2.89. The summed E-state index contributed by atoms with van der Waals surface area (Å²) in [6, 6.07) is 0.398. The molecule has 2 rings (SSSR count). The fraction of sp³-hybridized carbons (Fsp3) is 0.909. The monoisotopic (exact) mass is 261 g/mol. The summed E-state index contributed by atoms with van der Waals surface area (Å²) in [6.07, 6.45) is 2.78. The minimum absolute atomic E-state index is 0.0110. The summed E-state index contributed by atoms with van der Waals surface area (Å²) in [4.78, 5) is 13.5. The molecule has 0 aromatic heterocycles. The quantitative estimate of drug-likeness (QED) is 0.662. The molecule has 98 valence electrons. The van der Waals surface area contributed by atoms with Crippen molar-refractivity contribution in [2.24, 2.45) is 0 Å². The smallest absolute Gasteiger partial charge is 0.320 e. The highest BCUT2D eigenvalue weighted by molar-refractivity contribution is 7.91. The Kier molecular flexibility index (Phi) is 3.73. The number of rotatable bonds is 5. The lowest BCUT2D eigenvalue weighted by Gasteiger charge is -2.26. The molecule has 2 aliphatic rings. The summed E-state index contributed by atoms with van der Waals surface area (Å²) in [6.45, 7) is 2.39. The van der Waals surface area contributed by atoms with Gasteiger partial charge < -0.3 is 4.74 Å². The maximum atomic E-state index is 11.5. The number of carbonyl (C=O) groups is 1. The average molecular weight is 261 g/mol. The van der Waals surface area contributed by atoms with Crippen molar-refractivity contribution >= 4 is 15.8 Å². The first-order chi connectivity index (χ1) is 8.02. The van der Waals surface area contributed by atoms with E-state index in [1.165, 1.54) is 0 Å². The summed E-state index contributed by atoms with van der Waals surface area (Å²) >= 11 is 0. The molecule has 17 heavy (non-hydrogen) atoms. The molecule has 5 nitrogen and oxygen atoms in total. The van der Waals surface area contributed by atoms with Crippen LogP contribution in [0.3, 0.4) is 0 Å². The minimum atomic E-state index is -2.89. The first kappa shape index (κ1) is 12.8. The first-order valence-electron chi connectivity index (χ1n) is 6.13. The van der Waals surface area contributed by atoms with Gasteiger partial charge in [0.2, 0.25) is 0 Å². The third-order valence-corrected chi connectivity index (χ3v) is 5.06. The molecule has 0 bridgehead atoms. The Hall–Kier alpha value is -0.620. The van der Waals surface area contributed by atoms with E-state index in [0.29, 0.717) is 19.1 Å². The summed E-state index contributed by atoms with van der Waals surface area (Å²) < 4.78 is 27.8. The number of nitrogens with zero attached hydrogens (tertiary/aromatic N) is 1. The molecule has 1 heterocycles. The molecule has 1 atom stereocenters. The predicted octanol–water partition coefficient (Wildman–Crippen LogP) is 0.201. The van der Waals surface area contributed by atoms with Gasteiger partial charge in [0, 0.05) is 12.1 Å². The van der Waals surface area contributed by atoms with Gasteiger partial charge in [-0.2, -0.15) is 0 Å². The molecule has 0 aromatic carbocycles. The molecular weight excluding hydrogens is 242 g/mol. The molecule has 1 saturated carbocycles. The molecule has 6 heteroatoms. The van der Waals surface area contributed by atoms with E-state index in [0.717, 1.165) is 12.8 Å². The number of hydrogen-bond acceptors (Lipinski definition) is 5. The van der Waals surface area contributed by atoms with E-state index in [9.17, 15) is 13.2 Å². The minimum Gasteiger partial charge on any atom is -0.465 e. The van der Waals surface area contributed by atoms with Crippen LogP contribution in [-0.2, 0) is 19.4 Å². The van der Waals surface area contributed by atoms with Crippen LogP contribution in [0.25, 0.3) is 0 Å². The van der Waals surface area contributed by atoms with Crippen molar-refractivity contribution in [3.63, 3.8) is 0 Å². The zero-order valence-electron chi connectivity index (χ0n) is 10.1. The molecule has 0 amide bonds. The van der Waals surface area contributed by atoms with Crippen molar-refractivity contribution in [3.8, 4) is 0 Å². The molecule has 1 saturated heterocycles. The van der Waals surface area contributed by atoms with Crippen LogP contribution in [0.2, 0.25) is 0 Å². The molecule has 0 aromatic rings. The van der Waals surface area contributed by atoms with E-state index < -0.39 is 9.84 Å². The van der Waals surface area contributed by atoms with E-state index in [1.54, 1.807) is 6.92 Å². The standard InChI is InChI=1S/C11H19NO4S/c1-2-16-11(13)7-12(9-3-4-9)10-5-6-17(14,15)8-10/h9-10H,2-8H2,1H3. The molecule has 0 spiro atoms. The Morgan fingerprint density at radius 2 is 2.00 bits per heavy atom. The first-order valence-corrected chi connectivity index (χ1v) is 7.96. The largest absolute Gasteiger partial charge is 0.465 e. The lowest BCUT2D eigenvalue weighted by atomic mass is 10.2. The van der Waals surface area contributed by atoms with Crippen molar-refractivity contribution < 1.29 is 17.9 Å². The van der Waals surface area contributed by atoms with Gasteiger partial charge in [-0.05, 0) is 26.2 Å². The second kappa shape index (κ2) is 4.94. The third kappa shape index (κ3) is 3.42. The maximum absolute atomic E-state index is 11.5. The number of carbonyl (C=O) groups excluding carboxylic acids is 1. The average Bonchev–Trinajstić information content (AvgIpc) is 3.00. The topological polar surface area (TPSA) is 63.7 Å². The van der Waals surface area contributed by atoms with E-state index >= 15 is 0 Å². The number of esters is 1. The Morgan fingerprint density at radius 3 is 2.47 bits per heavy atom. The lowest BCUT2D eigenvalue weighted by molar-refractivity contribution is -0.145. The molecule has 1 aliphatic carbocycles. The summed E-state index contributed by atoms with van der Waals surface area (Å²) in [5, 5.41) is 0. The SMILES string of the molecule is CCOC(=O)CN(C1CC1)C1CCS(=O)(=O)C1. The van der Waals surface area contributed by atoms with Crippen molar-refractivity contribution in [2.75, 3.05) is 24.7 Å². The molecular formula is C11H19NO4S. The van der Waals surface area contributed by atoms with Gasteiger partial charge in [-0.3, -0.25) is 9.69 Å². The van der Waals surface area contributed by atoms with Gasteiger partial charge in [-0.25, -0.2) is 8.42 Å². The fourth-order valence-electron chi connectivity index (χ4n) is 2.36. The maximum Gasteiger partial charge on any atom is 0.320 e. The van der Waals surface area contributed by atoms with Crippen LogP contribution < -0.4 is 0 Å². The molecule has 1 aliphatic heterocycles. The second-order valence-electron chi connectivity index (χ2n) is 4.77.